The first-order chi connectivity index (χ1) is 9.17. The van der Waals surface area contributed by atoms with Crippen molar-refractivity contribution < 1.29 is 13.9 Å². The summed E-state index contributed by atoms with van der Waals surface area (Å²) in [5.74, 6) is -1.15. The zero-order valence-corrected chi connectivity index (χ0v) is 11.2. The van der Waals surface area contributed by atoms with Gasteiger partial charge in [-0.05, 0) is 29.1 Å². The van der Waals surface area contributed by atoms with E-state index in [-0.39, 0.29) is 6.61 Å². The number of aliphatic hydroxyl groups is 1. The molecule has 1 N–H and O–H groups in total. The van der Waals surface area contributed by atoms with Crippen LogP contribution in [0.3, 0.4) is 0 Å². The minimum absolute atomic E-state index is 0.0170. The molecule has 0 spiro atoms. The Balaban J connectivity index is 2.07. The molecule has 0 atom stereocenters. The van der Waals surface area contributed by atoms with E-state index < -0.39 is 11.6 Å². The van der Waals surface area contributed by atoms with E-state index in [1.165, 1.54) is 12.1 Å². The summed E-state index contributed by atoms with van der Waals surface area (Å²) in [4.78, 5) is 3.12. The molecule has 0 fully saturated rings. The molecule has 0 saturated carbocycles. The summed E-state index contributed by atoms with van der Waals surface area (Å²) in [6.07, 6.45) is 0. The molecule has 102 valence electrons. The maximum atomic E-state index is 13.1. The van der Waals surface area contributed by atoms with Gasteiger partial charge in [0.2, 0.25) is 0 Å². The van der Waals surface area contributed by atoms with Gasteiger partial charge in [-0.3, -0.25) is 4.90 Å². The second-order valence-corrected chi connectivity index (χ2v) is 5.32. The van der Waals surface area contributed by atoms with Gasteiger partial charge in [0, 0.05) is 30.6 Å². The Kier molecular flexibility index (Phi) is 5.01. The Morgan fingerprint density at radius 2 is 1.84 bits per heavy atom. The van der Waals surface area contributed by atoms with Gasteiger partial charge in [0.05, 0.1) is 6.61 Å². The van der Waals surface area contributed by atoms with Gasteiger partial charge < -0.3 is 5.11 Å². The lowest BCUT2D eigenvalue weighted by molar-refractivity contribution is 0.185. The van der Waals surface area contributed by atoms with E-state index in [0.717, 1.165) is 10.9 Å². The lowest BCUT2D eigenvalue weighted by Crippen LogP contribution is -2.25. The van der Waals surface area contributed by atoms with Gasteiger partial charge >= 0.3 is 0 Å². The Bertz CT molecular complexity index is 496. The lowest BCUT2D eigenvalue weighted by atomic mass is 10.2. The molecule has 0 unspecified atom stereocenters. The van der Waals surface area contributed by atoms with Crippen molar-refractivity contribution in [3.8, 4) is 0 Å². The average Bonchev–Trinajstić information content (AvgIpc) is 2.80. The fraction of sp³-hybridized carbons (Fsp3) is 0.286. The van der Waals surface area contributed by atoms with Crippen molar-refractivity contribution >= 4 is 11.3 Å². The van der Waals surface area contributed by atoms with Crippen LogP contribution in [0.5, 0.6) is 0 Å². The summed E-state index contributed by atoms with van der Waals surface area (Å²) in [6.45, 7) is 1.56. The number of benzene rings is 1. The summed E-state index contributed by atoms with van der Waals surface area (Å²) in [5.41, 5.74) is 0.572. The first kappa shape index (κ1) is 14.1. The van der Waals surface area contributed by atoms with Gasteiger partial charge in [0.15, 0.2) is 0 Å². The molecule has 1 heterocycles. The van der Waals surface area contributed by atoms with E-state index in [4.69, 9.17) is 5.11 Å². The van der Waals surface area contributed by atoms with Gasteiger partial charge in [-0.2, -0.15) is 0 Å². The van der Waals surface area contributed by atoms with Gasteiger partial charge in [0.25, 0.3) is 0 Å². The van der Waals surface area contributed by atoms with Crippen LogP contribution in [-0.2, 0) is 13.1 Å². The Hall–Kier alpha value is -1.30. The number of nitrogens with zero attached hydrogens (tertiary/aromatic N) is 1. The third-order valence-corrected chi connectivity index (χ3v) is 3.57. The molecule has 1 aromatic carbocycles. The fourth-order valence-electron chi connectivity index (χ4n) is 1.94. The predicted octanol–water partition coefficient (Wildman–Crippen LogP) is 3.02. The van der Waals surface area contributed by atoms with Crippen LogP contribution in [0.25, 0.3) is 0 Å². The summed E-state index contributed by atoms with van der Waals surface area (Å²) in [7, 11) is 0. The SMILES string of the molecule is OCCN(Cc1cc(F)cc(F)c1)Cc1cccs1. The van der Waals surface area contributed by atoms with E-state index in [9.17, 15) is 8.78 Å². The van der Waals surface area contributed by atoms with Crippen LogP contribution in [-0.4, -0.2) is 23.2 Å². The highest BCUT2D eigenvalue weighted by molar-refractivity contribution is 7.09. The first-order valence-corrected chi connectivity index (χ1v) is 6.86. The van der Waals surface area contributed by atoms with Gasteiger partial charge in [0.1, 0.15) is 11.6 Å². The third kappa shape index (κ3) is 4.38. The molecule has 0 radical (unpaired) electrons. The minimum Gasteiger partial charge on any atom is -0.395 e. The molecule has 0 amide bonds. The van der Waals surface area contributed by atoms with Crippen LogP contribution in [0.4, 0.5) is 8.78 Å². The number of aliphatic hydroxyl groups excluding tert-OH is 1. The van der Waals surface area contributed by atoms with E-state index in [1.807, 2.05) is 22.4 Å². The number of thiophene rings is 1. The highest BCUT2D eigenvalue weighted by atomic mass is 32.1. The molecule has 0 aliphatic heterocycles. The van der Waals surface area contributed by atoms with Crippen LogP contribution >= 0.6 is 11.3 Å². The van der Waals surface area contributed by atoms with E-state index >= 15 is 0 Å². The maximum absolute atomic E-state index is 13.1. The van der Waals surface area contributed by atoms with Crippen molar-refractivity contribution in [1.82, 2.24) is 4.90 Å². The molecule has 19 heavy (non-hydrogen) atoms. The summed E-state index contributed by atoms with van der Waals surface area (Å²) >= 11 is 1.62. The van der Waals surface area contributed by atoms with Crippen molar-refractivity contribution in [2.24, 2.45) is 0 Å². The molecule has 0 bridgehead atoms. The van der Waals surface area contributed by atoms with Crippen LogP contribution in [0, 0.1) is 11.6 Å². The second-order valence-electron chi connectivity index (χ2n) is 4.29. The number of halogens is 2. The van der Waals surface area contributed by atoms with Crippen molar-refractivity contribution in [2.45, 2.75) is 13.1 Å². The predicted molar refractivity (Wildman–Crippen MR) is 71.9 cm³/mol. The topological polar surface area (TPSA) is 23.5 Å². The molecule has 0 aliphatic rings. The largest absolute Gasteiger partial charge is 0.395 e. The highest BCUT2D eigenvalue weighted by Gasteiger charge is 2.09. The average molecular weight is 283 g/mol. The third-order valence-electron chi connectivity index (χ3n) is 2.70. The van der Waals surface area contributed by atoms with E-state index in [2.05, 4.69) is 0 Å². The second kappa shape index (κ2) is 6.75. The van der Waals surface area contributed by atoms with Gasteiger partial charge in [-0.1, -0.05) is 6.07 Å². The molecule has 2 rings (SSSR count). The Morgan fingerprint density at radius 1 is 1.11 bits per heavy atom. The quantitative estimate of drug-likeness (QED) is 0.881. The van der Waals surface area contributed by atoms with Crippen LogP contribution < -0.4 is 0 Å². The van der Waals surface area contributed by atoms with Crippen LogP contribution in [0.15, 0.2) is 35.7 Å². The lowest BCUT2D eigenvalue weighted by Gasteiger charge is -2.20. The highest BCUT2D eigenvalue weighted by Crippen LogP contribution is 2.15. The molecular formula is C14H15F2NOS. The fourth-order valence-corrected chi connectivity index (χ4v) is 2.68. The molecule has 0 saturated heterocycles. The zero-order chi connectivity index (χ0) is 13.7. The standard InChI is InChI=1S/C14H15F2NOS/c15-12-6-11(7-13(16)8-12)9-17(3-4-18)10-14-2-1-5-19-14/h1-2,5-8,18H,3-4,9-10H2. The number of rotatable bonds is 6. The number of hydrogen-bond donors (Lipinski definition) is 1. The van der Waals surface area contributed by atoms with Gasteiger partial charge in [-0.15, -0.1) is 11.3 Å². The summed E-state index contributed by atoms with van der Waals surface area (Å²) < 4.78 is 26.3. The Morgan fingerprint density at radius 3 is 2.42 bits per heavy atom. The molecule has 2 aromatic rings. The van der Waals surface area contributed by atoms with Crippen LogP contribution in [0.1, 0.15) is 10.4 Å². The van der Waals surface area contributed by atoms with Crippen molar-refractivity contribution in [2.75, 3.05) is 13.2 Å². The van der Waals surface area contributed by atoms with Crippen molar-refractivity contribution in [1.29, 1.82) is 0 Å². The Labute approximate surface area is 114 Å². The van der Waals surface area contributed by atoms with Crippen molar-refractivity contribution in [3.05, 3.63) is 57.8 Å². The molecule has 0 aliphatic carbocycles. The summed E-state index contributed by atoms with van der Waals surface area (Å²) in [5, 5.41) is 11.0. The smallest absolute Gasteiger partial charge is 0.126 e. The molecule has 1 aromatic heterocycles. The van der Waals surface area contributed by atoms with Gasteiger partial charge in [-0.25, -0.2) is 8.78 Å². The zero-order valence-electron chi connectivity index (χ0n) is 10.4. The van der Waals surface area contributed by atoms with Crippen molar-refractivity contribution in [3.63, 3.8) is 0 Å². The monoisotopic (exact) mass is 283 g/mol. The van der Waals surface area contributed by atoms with Crippen LogP contribution in [0.2, 0.25) is 0 Å². The first-order valence-electron chi connectivity index (χ1n) is 5.98. The van der Waals surface area contributed by atoms with E-state index in [1.54, 1.807) is 11.3 Å². The molecular weight excluding hydrogens is 268 g/mol. The number of hydrogen-bond acceptors (Lipinski definition) is 3. The molecule has 2 nitrogen and oxygen atoms in total. The molecule has 5 heteroatoms. The summed E-state index contributed by atoms with van der Waals surface area (Å²) in [6, 6.07) is 7.46. The maximum Gasteiger partial charge on any atom is 0.126 e. The van der Waals surface area contributed by atoms with E-state index in [0.29, 0.717) is 25.2 Å². The minimum atomic E-state index is -0.574. The normalized spacial score (nSPS) is 11.2.